The Hall–Kier alpha value is -1.36. The fraction of sp³-hybridized carbons (Fsp3) is 0.733. The molecule has 0 aliphatic heterocycles. The monoisotopic (exact) mass is 278 g/mol. The van der Waals surface area contributed by atoms with Crippen LogP contribution in [0.1, 0.15) is 57.3 Å². The summed E-state index contributed by atoms with van der Waals surface area (Å²) in [6, 6.07) is 0.146. The number of aromatic nitrogens is 2. The third-order valence-corrected chi connectivity index (χ3v) is 3.92. The van der Waals surface area contributed by atoms with Gasteiger partial charge in [0.2, 0.25) is 0 Å². The topological polar surface area (TPSA) is 84.1 Å². The number of aliphatic hydroxyl groups excluding tert-OH is 1. The summed E-state index contributed by atoms with van der Waals surface area (Å²) in [6.45, 7) is 8.56. The molecule has 112 valence electrons. The molecule has 1 atom stereocenters. The molecule has 20 heavy (non-hydrogen) atoms. The van der Waals surface area contributed by atoms with E-state index < -0.39 is 0 Å². The fourth-order valence-electron chi connectivity index (χ4n) is 2.23. The van der Waals surface area contributed by atoms with Gasteiger partial charge in [0.1, 0.15) is 17.5 Å². The van der Waals surface area contributed by atoms with Gasteiger partial charge >= 0.3 is 0 Å². The zero-order chi connectivity index (χ0) is 14.9. The summed E-state index contributed by atoms with van der Waals surface area (Å²) in [5, 5.41) is 12.7. The minimum Gasteiger partial charge on any atom is -0.396 e. The minimum atomic E-state index is 0.0363. The van der Waals surface area contributed by atoms with Gasteiger partial charge in [-0.25, -0.2) is 9.97 Å². The van der Waals surface area contributed by atoms with Crippen LogP contribution in [0.15, 0.2) is 0 Å². The molecule has 0 saturated heterocycles. The van der Waals surface area contributed by atoms with Crippen molar-refractivity contribution in [2.24, 2.45) is 5.41 Å². The van der Waals surface area contributed by atoms with Crippen molar-refractivity contribution in [3.8, 4) is 0 Å². The molecule has 0 radical (unpaired) electrons. The van der Waals surface area contributed by atoms with Crippen LogP contribution in [-0.2, 0) is 0 Å². The Labute approximate surface area is 121 Å². The SMILES string of the molecule is Cc1c(N)nc(C2CC2)nc1NC(CCO)C(C)(C)C. The van der Waals surface area contributed by atoms with E-state index in [0.29, 0.717) is 18.2 Å². The second kappa shape index (κ2) is 5.56. The van der Waals surface area contributed by atoms with E-state index in [1.54, 1.807) is 0 Å². The highest BCUT2D eigenvalue weighted by Gasteiger charge is 2.29. The average Bonchev–Trinajstić information content (AvgIpc) is 3.16. The van der Waals surface area contributed by atoms with Gasteiger partial charge in [0.25, 0.3) is 0 Å². The molecule has 1 unspecified atom stereocenters. The molecule has 4 N–H and O–H groups in total. The molecule has 5 nitrogen and oxygen atoms in total. The van der Waals surface area contributed by atoms with Gasteiger partial charge in [-0.05, 0) is 31.6 Å². The number of anilines is 2. The molecule has 1 aromatic heterocycles. The van der Waals surface area contributed by atoms with Crippen LogP contribution in [0.25, 0.3) is 0 Å². The van der Waals surface area contributed by atoms with Crippen LogP contribution < -0.4 is 11.1 Å². The van der Waals surface area contributed by atoms with Gasteiger partial charge in [0.15, 0.2) is 0 Å². The van der Waals surface area contributed by atoms with Crippen LogP contribution in [0.3, 0.4) is 0 Å². The molecule has 1 saturated carbocycles. The van der Waals surface area contributed by atoms with Crippen molar-refractivity contribution in [1.29, 1.82) is 0 Å². The van der Waals surface area contributed by atoms with Crippen LogP contribution in [-0.4, -0.2) is 27.7 Å². The Morgan fingerprint density at radius 3 is 2.50 bits per heavy atom. The molecule has 0 amide bonds. The second-order valence-corrected chi connectivity index (χ2v) is 6.79. The van der Waals surface area contributed by atoms with Crippen LogP contribution in [0, 0.1) is 12.3 Å². The zero-order valence-electron chi connectivity index (χ0n) is 12.9. The van der Waals surface area contributed by atoms with E-state index in [1.165, 1.54) is 0 Å². The van der Waals surface area contributed by atoms with Crippen LogP contribution in [0.2, 0.25) is 0 Å². The molecule has 0 aromatic carbocycles. The first-order valence-corrected chi connectivity index (χ1v) is 7.34. The Morgan fingerprint density at radius 2 is 2.00 bits per heavy atom. The Kier molecular flexibility index (Phi) is 4.18. The Morgan fingerprint density at radius 1 is 1.35 bits per heavy atom. The summed E-state index contributed by atoms with van der Waals surface area (Å²) in [4.78, 5) is 9.03. The predicted molar refractivity (Wildman–Crippen MR) is 81.7 cm³/mol. The van der Waals surface area contributed by atoms with E-state index in [4.69, 9.17) is 5.73 Å². The lowest BCUT2D eigenvalue weighted by Crippen LogP contribution is -2.35. The third-order valence-electron chi connectivity index (χ3n) is 3.92. The molecule has 5 heteroatoms. The summed E-state index contributed by atoms with van der Waals surface area (Å²) >= 11 is 0. The van der Waals surface area contributed by atoms with Crippen molar-refractivity contribution in [2.45, 2.75) is 58.9 Å². The average molecular weight is 278 g/mol. The fourth-order valence-corrected chi connectivity index (χ4v) is 2.23. The highest BCUT2D eigenvalue weighted by atomic mass is 16.3. The number of nitrogens with two attached hydrogens (primary N) is 1. The summed E-state index contributed by atoms with van der Waals surface area (Å²) in [5.41, 5.74) is 6.93. The molecular formula is C15H26N4O. The third kappa shape index (κ3) is 3.39. The van der Waals surface area contributed by atoms with Crippen LogP contribution in [0.4, 0.5) is 11.6 Å². The van der Waals surface area contributed by atoms with E-state index in [-0.39, 0.29) is 18.1 Å². The second-order valence-electron chi connectivity index (χ2n) is 6.79. The smallest absolute Gasteiger partial charge is 0.136 e. The summed E-state index contributed by atoms with van der Waals surface area (Å²) in [5.74, 6) is 2.70. The molecule has 2 rings (SSSR count). The lowest BCUT2D eigenvalue weighted by molar-refractivity contribution is 0.235. The summed E-state index contributed by atoms with van der Waals surface area (Å²) < 4.78 is 0. The standard InChI is InChI=1S/C15H26N4O/c1-9-12(16)18-14(10-5-6-10)19-13(9)17-11(7-8-20)15(2,3)4/h10-11,20H,5-8H2,1-4H3,(H3,16,17,18,19). The van der Waals surface area contributed by atoms with Crippen LogP contribution >= 0.6 is 0 Å². The number of hydrogen-bond acceptors (Lipinski definition) is 5. The van der Waals surface area contributed by atoms with Gasteiger partial charge in [-0.15, -0.1) is 0 Å². The largest absolute Gasteiger partial charge is 0.396 e. The molecule has 1 aromatic rings. The maximum absolute atomic E-state index is 9.26. The zero-order valence-corrected chi connectivity index (χ0v) is 12.9. The maximum atomic E-state index is 9.26. The van der Waals surface area contributed by atoms with Crippen molar-refractivity contribution in [1.82, 2.24) is 9.97 Å². The van der Waals surface area contributed by atoms with Crippen molar-refractivity contribution in [3.05, 3.63) is 11.4 Å². The highest BCUT2D eigenvalue weighted by molar-refractivity contribution is 5.55. The van der Waals surface area contributed by atoms with E-state index in [2.05, 4.69) is 36.1 Å². The van der Waals surface area contributed by atoms with E-state index >= 15 is 0 Å². The summed E-state index contributed by atoms with van der Waals surface area (Å²) in [7, 11) is 0. The maximum Gasteiger partial charge on any atom is 0.136 e. The van der Waals surface area contributed by atoms with Gasteiger partial charge in [-0.2, -0.15) is 0 Å². The lowest BCUT2D eigenvalue weighted by Gasteiger charge is -2.32. The Bertz CT molecular complexity index is 477. The van der Waals surface area contributed by atoms with Gasteiger partial charge in [0.05, 0.1) is 0 Å². The van der Waals surface area contributed by atoms with Crippen molar-refractivity contribution in [3.63, 3.8) is 0 Å². The van der Waals surface area contributed by atoms with E-state index in [1.807, 2.05) is 6.92 Å². The molecule has 1 fully saturated rings. The summed E-state index contributed by atoms with van der Waals surface area (Å²) in [6.07, 6.45) is 2.99. The number of nitrogen functional groups attached to an aromatic ring is 1. The molecule has 1 heterocycles. The lowest BCUT2D eigenvalue weighted by atomic mass is 9.85. The first-order valence-electron chi connectivity index (χ1n) is 7.34. The molecule has 1 aliphatic carbocycles. The number of nitrogens with one attached hydrogen (secondary N) is 1. The molecule has 1 aliphatic rings. The first kappa shape index (κ1) is 15.0. The number of hydrogen-bond donors (Lipinski definition) is 3. The quantitative estimate of drug-likeness (QED) is 0.770. The molecular weight excluding hydrogens is 252 g/mol. The number of aliphatic hydroxyl groups is 1. The normalized spacial score (nSPS) is 17.1. The van der Waals surface area contributed by atoms with Gasteiger partial charge in [0, 0.05) is 24.1 Å². The van der Waals surface area contributed by atoms with Crippen LogP contribution in [0.5, 0.6) is 0 Å². The predicted octanol–water partition coefficient (Wildman–Crippen LogP) is 2.45. The van der Waals surface area contributed by atoms with Crippen molar-refractivity contribution in [2.75, 3.05) is 17.7 Å². The van der Waals surface area contributed by atoms with E-state index in [9.17, 15) is 5.11 Å². The molecule has 0 spiro atoms. The van der Waals surface area contributed by atoms with Gasteiger partial charge in [-0.3, -0.25) is 0 Å². The first-order chi connectivity index (χ1) is 9.32. The van der Waals surface area contributed by atoms with Crippen molar-refractivity contribution < 1.29 is 5.11 Å². The molecule has 0 bridgehead atoms. The van der Waals surface area contributed by atoms with E-state index in [0.717, 1.165) is 30.0 Å². The number of rotatable bonds is 5. The van der Waals surface area contributed by atoms with Crippen molar-refractivity contribution >= 4 is 11.6 Å². The highest BCUT2D eigenvalue weighted by Crippen LogP contribution is 2.39. The number of nitrogens with zero attached hydrogens (tertiary/aromatic N) is 2. The minimum absolute atomic E-state index is 0.0363. The van der Waals surface area contributed by atoms with Gasteiger partial charge in [-0.1, -0.05) is 20.8 Å². The van der Waals surface area contributed by atoms with Gasteiger partial charge < -0.3 is 16.2 Å². The Balaban J connectivity index is 2.26.